The van der Waals surface area contributed by atoms with Gasteiger partial charge in [0, 0.05) is 24.2 Å². The van der Waals surface area contributed by atoms with Gasteiger partial charge in [0.15, 0.2) is 0 Å². The highest BCUT2D eigenvalue weighted by molar-refractivity contribution is 5.96. The Morgan fingerprint density at radius 2 is 2.25 bits per heavy atom. The van der Waals surface area contributed by atoms with E-state index in [9.17, 15) is 15.0 Å². The van der Waals surface area contributed by atoms with Crippen LogP contribution < -0.4 is 0 Å². The minimum Gasteiger partial charge on any atom is -0.508 e. The largest absolute Gasteiger partial charge is 0.508 e. The van der Waals surface area contributed by atoms with Gasteiger partial charge in [-0.05, 0) is 25.5 Å². The molecule has 0 bridgehead atoms. The summed E-state index contributed by atoms with van der Waals surface area (Å²) in [7, 11) is 0. The van der Waals surface area contributed by atoms with E-state index in [1.165, 1.54) is 0 Å². The van der Waals surface area contributed by atoms with Crippen molar-refractivity contribution in [3.63, 3.8) is 0 Å². The molecule has 1 saturated heterocycles. The van der Waals surface area contributed by atoms with Crippen LogP contribution in [0.4, 0.5) is 0 Å². The number of carbonyl (C=O) groups is 1. The molecule has 1 heterocycles. The van der Waals surface area contributed by atoms with Crippen LogP contribution in [0.1, 0.15) is 22.3 Å². The van der Waals surface area contributed by atoms with Crippen LogP contribution >= 0.6 is 0 Å². The predicted molar refractivity (Wildman–Crippen MR) is 59.4 cm³/mol. The monoisotopic (exact) mass is 221 g/mol. The summed E-state index contributed by atoms with van der Waals surface area (Å²) in [6, 6.07) is 4.91. The maximum atomic E-state index is 12.1. The maximum absolute atomic E-state index is 12.1. The normalized spacial score (nSPS) is 20.1. The molecule has 0 saturated carbocycles. The van der Waals surface area contributed by atoms with E-state index in [1.54, 1.807) is 30.0 Å². The molecule has 1 aromatic carbocycles. The molecule has 2 rings (SSSR count). The molecule has 1 atom stereocenters. The van der Waals surface area contributed by atoms with E-state index in [-0.39, 0.29) is 11.7 Å². The average molecular weight is 221 g/mol. The van der Waals surface area contributed by atoms with Gasteiger partial charge >= 0.3 is 0 Å². The number of phenols is 1. The lowest BCUT2D eigenvalue weighted by Gasteiger charge is -2.17. The highest BCUT2D eigenvalue weighted by atomic mass is 16.3. The zero-order valence-electron chi connectivity index (χ0n) is 9.18. The molecule has 0 spiro atoms. The van der Waals surface area contributed by atoms with Gasteiger partial charge in [-0.3, -0.25) is 4.79 Å². The molecule has 86 valence electrons. The first-order valence-corrected chi connectivity index (χ1v) is 5.35. The lowest BCUT2D eigenvalue weighted by molar-refractivity contribution is 0.0764. The second-order valence-electron chi connectivity index (χ2n) is 4.14. The fourth-order valence-corrected chi connectivity index (χ4v) is 1.95. The van der Waals surface area contributed by atoms with Gasteiger partial charge < -0.3 is 15.1 Å². The molecule has 0 aromatic heterocycles. The molecule has 0 radical (unpaired) electrons. The van der Waals surface area contributed by atoms with Crippen LogP contribution in [0.25, 0.3) is 0 Å². The van der Waals surface area contributed by atoms with Crippen LogP contribution in [0.2, 0.25) is 0 Å². The zero-order valence-corrected chi connectivity index (χ0v) is 9.18. The fourth-order valence-electron chi connectivity index (χ4n) is 1.95. The van der Waals surface area contributed by atoms with Crippen molar-refractivity contribution in [2.24, 2.45) is 0 Å². The Kier molecular flexibility index (Phi) is 2.83. The third-order valence-corrected chi connectivity index (χ3v) is 2.99. The number of aliphatic hydroxyl groups is 1. The van der Waals surface area contributed by atoms with Crippen molar-refractivity contribution >= 4 is 5.91 Å². The Morgan fingerprint density at radius 3 is 2.88 bits per heavy atom. The molecule has 1 aromatic rings. The number of benzene rings is 1. The van der Waals surface area contributed by atoms with Crippen LogP contribution in [0.15, 0.2) is 18.2 Å². The summed E-state index contributed by atoms with van der Waals surface area (Å²) in [5, 5.41) is 18.9. The molecule has 16 heavy (non-hydrogen) atoms. The van der Waals surface area contributed by atoms with E-state index in [2.05, 4.69) is 0 Å². The number of phenolic OH excluding ortho intramolecular Hbond substituents is 1. The topological polar surface area (TPSA) is 60.8 Å². The molecule has 1 fully saturated rings. The number of aliphatic hydroxyl groups excluding tert-OH is 1. The van der Waals surface area contributed by atoms with Crippen LogP contribution in [0.3, 0.4) is 0 Å². The van der Waals surface area contributed by atoms with E-state index in [4.69, 9.17) is 0 Å². The zero-order chi connectivity index (χ0) is 11.7. The van der Waals surface area contributed by atoms with E-state index in [0.29, 0.717) is 30.6 Å². The minimum atomic E-state index is -0.415. The van der Waals surface area contributed by atoms with Gasteiger partial charge in [-0.1, -0.05) is 6.07 Å². The number of β-amino-alcohol motifs (C(OH)–C–C–N with tert-alkyl or cyclic N) is 1. The van der Waals surface area contributed by atoms with Gasteiger partial charge in [0.05, 0.1) is 6.10 Å². The van der Waals surface area contributed by atoms with E-state index in [0.717, 1.165) is 0 Å². The van der Waals surface area contributed by atoms with E-state index in [1.807, 2.05) is 0 Å². The minimum absolute atomic E-state index is 0.120. The molecule has 2 N–H and O–H groups in total. The van der Waals surface area contributed by atoms with Crippen molar-refractivity contribution < 1.29 is 15.0 Å². The number of aromatic hydroxyl groups is 1. The predicted octanol–water partition coefficient (Wildman–Crippen LogP) is 0.907. The number of amides is 1. The number of nitrogens with zero attached hydrogens (tertiary/aromatic N) is 1. The van der Waals surface area contributed by atoms with E-state index < -0.39 is 6.10 Å². The van der Waals surface area contributed by atoms with Crippen molar-refractivity contribution in [2.75, 3.05) is 13.1 Å². The van der Waals surface area contributed by atoms with Gasteiger partial charge in [-0.2, -0.15) is 0 Å². The van der Waals surface area contributed by atoms with Crippen LogP contribution in [0.5, 0.6) is 5.75 Å². The second kappa shape index (κ2) is 4.14. The Balaban J connectivity index is 2.24. The first-order valence-electron chi connectivity index (χ1n) is 5.35. The molecule has 1 aliphatic heterocycles. The molecule has 1 amide bonds. The van der Waals surface area contributed by atoms with Gasteiger partial charge in [0.2, 0.25) is 0 Å². The van der Waals surface area contributed by atoms with Crippen molar-refractivity contribution in [3.8, 4) is 5.75 Å². The van der Waals surface area contributed by atoms with Crippen molar-refractivity contribution in [3.05, 3.63) is 29.3 Å². The highest BCUT2D eigenvalue weighted by Crippen LogP contribution is 2.22. The molecule has 4 nitrogen and oxygen atoms in total. The van der Waals surface area contributed by atoms with Crippen molar-refractivity contribution in [2.45, 2.75) is 19.4 Å². The summed E-state index contributed by atoms with van der Waals surface area (Å²) in [6.45, 7) is 2.68. The number of carbonyl (C=O) groups excluding carboxylic acids is 1. The molecule has 1 aliphatic rings. The Bertz CT molecular complexity index is 417. The fraction of sp³-hybridized carbons (Fsp3) is 0.417. The van der Waals surface area contributed by atoms with Gasteiger partial charge in [-0.25, -0.2) is 0 Å². The summed E-state index contributed by atoms with van der Waals surface area (Å²) in [5.41, 5.74) is 1.10. The van der Waals surface area contributed by atoms with Crippen molar-refractivity contribution in [1.82, 2.24) is 4.90 Å². The SMILES string of the molecule is Cc1c(O)cccc1C(=O)N1CCC(O)C1. The molecule has 1 unspecified atom stereocenters. The number of rotatable bonds is 1. The average Bonchev–Trinajstić information content (AvgIpc) is 2.68. The second-order valence-corrected chi connectivity index (χ2v) is 4.14. The molecule has 0 aliphatic carbocycles. The summed E-state index contributed by atoms with van der Waals surface area (Å²) < 4.78 is 0. The maximum Gasteiger partial charge on any atom is 0.254 e. The first-order chi connectivity index (χ1) is 7.59. The van der Waals surface area contributed by atoms with E-state index >= 15 is 0 Å². The summed E-state index contributed by atoms with van der Waals surface area (Å²) >= 11 is 0. The standard InChI is InChI=1S/C12H15NO3/c1-8-10(3-2-4-11(8)15)12(16)13-6-5-9(14)7-13/h2-4,9,14-15H,5-7H2,1H3. The summed E-state index contributed by atoms with van der Waals surface area (Å²) in [6.07, 6.45) is 0.213. The van der Waals surface area contributed by atoms with Crippen LogP contribution in [-0.4, -0.2) is 40.2 Å². The highest BCUT2D eigenvalue weighted by Gasteiger charge is 2.26. The number of hydrogen-bond donors (Lipinski definition) is 2. The molecular formula is C12H15NO3. The molecular weight excluding hydrogens is 206 g/mol. The van der Waals surface area contributed by atoms with Gasteiger partial charge in [-0.15, -0.1) is 0 Å². The molecule has 4 heteroatoms. The summed E-state index contributed by atoms with van der Waals surface area (Å²) in [4.78, 5) is 13.7. The quantitative estimate of drug-likeness (QED) is 0.741. The Hall–Kier alpha value is -1.55. The van der Waals surface area contributed by atoms with Crippen molar-refractivity contribution in [1.29, 1.82) is 0 Å². The Labute approximate surface area is 94.1 Å². The lowest BCUT2D eigenvalue weighted by atomic mass is 10.1. The van der Waals surface area contributed by atoms with Gasteiger partial charge in [0.25, 0.3) is 5.91 Å². The lowest BCUT2D eigenvalue weighted by Crippen LogP contribution is -2.30. The van der Waals surface area contributed by atoms with Gasteiger partial charge in [0.1, 0.15) is 5.75 Å². The number of likely N-dealkylation sites (tertiary alicyclic amines) is 1. The smallest absolute Gasteiger partial charge is 0.254 e. The third-order valence-electron chi connectivity index (χ3n) is 2.99. The third kappa shape index (κ3) is 1.88. The van der Waals surface area contributed by atoms with Crippen LogP contribution in [0, 0.1) is 6.92 Å². The summed E-state index contributed by atoms with van der Waals surface area (Å²) in [5.74, 6) is 0.00976. The first kappa shape index (κ1) is 11.0. The van der Waals surface area contributed by atoms with Crippen LogP contribution in [-0.2, 0) is 0 Å². The Morgan fingerprint density at radius 1 is 1.50 bits per heavy atom. The number of hydrogen-bond acceptors (Lipinski definition) is 3.